The highest BCUT2D eigenvalue weighted by Gasteiger charge is 2.07. The number of aryl methyl sites for hydroxylation is 2. The minimum absolute atomic E-state index is 0.480. The Morgan fingerprint density at radius 1 is 1.29 bits per heavy atom. The summed E-state index contributed by atoms with van der Waals surface area (Å²) in [6, 6.07) is 3.61. The second-order valence-electron chi connectivity index (χ2n) is 3.12. The van der Waals surface area contributed by atoms with Gasteiger partial charge in [0.1, 0.15) is 17.4 Å². The monoisotopic (exact) mass is 189 g/mol. The van der Waals surface area contributed by atoms with E-state index in [4.69, 9.17) is 10.2 Å². The highest BCUT2D eigenvalue weighted by molar-refractivity contribution is 5.63. The van der Waals surface area contributed by atoms with Crippen molar-refractivity contribution < 1.29 is 4.42 Å². The molecule has 0 aliphatic heterocycles. The lowest BCUT2D eigenvalue weighted by atomic mass is 10.2. The molecule has 2 aromatic heterocycles. The number of nitrogens with two attached hydrogens (primary N) is 1. The van der Waals surface area contributed by atoms with Crippen LogP contribution in [0, 0.1) is 13.8 Å². The van der Waals surface area contributed by atoms with Crippen molar-refractivity contribution in [3.8, 4) is 11.3 Å². The molecule has 0 radical (unpaired) electrons. The SMILES string of the molecule is Cc1nc(N)cc(-c2ccoc2C)n1. The summed E-state index contributed by atoms with van der Waals surface area (Å²) >= 11 is 0. The van der Waals surface area contributed by atoms with E-state index in [2.05, 4.69) is 9.97 Å². The van der Waals surface area contributed by atoms with Crippen molar-refractivity contribution >= 4 is 5.82 Å². The van der Waals surface area contributed by atoms with Gasteiger partial charge in [-0.3, -0.25) is 0 Å². The third kappa shape index (κ3) is 1.46. The summed E-state index contributed by atoms with van der Waals surface area (Å²) in [5, 5.41) is 0. The third-order valence-electron chi connectivity index (χ3n) is 1.99. The number of nitrogens with zero attached hydrogens (tertiary/aromatic N) is 2. The van der Waals surface area contributed by atoms with Gasteiger partial charge < -0.3 is 10.2 Å². The zero-order valence-corrected chi connectivity index (χ0v) is 8.11. The van der Waals surface area contributed by atoms with Crippen LogP contribution in [0.25, 0.3) is 11.3 Å². The van der Waals surface area contributed by atoms with Gasteiger partial charge in [-0.2, -0.15) is 0 Å². The topological polar surface area (TPSA) is 64.9 Å². The maximum Gasteiger partial charge on any atom is 0.128 e. The van der Waals surface area contributed by atoms with Gasteiger partial charge in [-0.25, -0.2) is 9.97 Å². The molecule has 0 aliphatic rings. The molecular weight excluding hydrogens is 178 g/mol. The van der Waals surface area contributed by atoms with Crippen LogP contribution in [0.3, 0.4) is 0 Å². The zero-order valence-electron chi connectivity index (χ0n) is 8.11. The first-order chi connectivity index (χ1) is 6.66. The van der Waals surface area contributed by atoms with Crippen LogP contribution >= 0.6 is 0 Å². The van der Waals surface area contributed by atoms with Gasteiger partial charge in [-0.1, -0.05) is 0 Å². The van der Waals surface area contributed by atoms with Crippen LogP contribution in [0.1, 0.15) is 11.6 Å². The fraction of sp³-hybridized carbons (Fsp3) is 0.200. The molecule has 4 heteroatoms. The van der Waals surface area contributed by atoms with Gasteiger partial charge in [0, 0.05) is 11.6 Å². The first-order valence-electron chi connectivity index (χ1n) is 4.32. The number of nitrogen functional groups attached to an aromatic ring is 1. The van der Waals surface area contributed by atoms with Crippen LogP contribution in [0.5, 0.6) is 0 Å². The minimum Gasteiger partial charge on any atom is -0.469 e. The fourth-order valence-electron chi connectivity index (χ4n) is 1.38. The molecule has 2 rings (SSSR count). The normalized spacial score (nSPS) is 10.4. The van der Waals surface area contributed by atoms with Crippen molar-refractivity contribution in [2.24, 2.45) is 0 Å². The maximum absolute atomic E-state index is 5.63. The van der Waals surface area contributed by atoms with Crippen LogP contribution in [0.4, 0.5) is 5.82 Å². The number of rotatable bonds is 1. The first kappa shape index (κ1) is 8.74. The van der Waals surface area contributed by atoms with Crippen LogP contribution in [-0.2, 0) is 0 Å². The standard InChI is InChI=1S/C10H11N3O/c1-6-8(3-4-14-6)9-5-10(11)13-7(2)12-9/h3-5H,1-2H3,(H2,11,12,13). The zero-order chi connectivity index (χ0) is 10.1. The third-order valence-corrected chi connectivity index (χ3v) is 1.99. The molecule has 72 valence electrons. The summed E-state index contributed by atoms with van der Waals surface area (Å²) in [7, 11) is 0. The Bertz CT molecular complexity index is 442. The summed E-state index contributed by atoms with van der Waals surface area (Å²) < 4.78 is 5.20. The molecule has 4 nitrogen and oxygen atoms in total. The van der Waals surface area contributed by atoms with Crippen LogP contribution in [0.2, 0.25) is 0 Å². The van der Waals surface area contributed by atoms with Crippen LogP contribution < -0.4 is 5.73 Å². The summed E-state index contributed by atoms with van der Waals surface area (Å²) in [5.41, 5.74) is 7.40. The summed E-state index contributed by atoms with van der Waals surface area (Å²) in [4.78, 5) is 8.30. The van der Waals surface area contributed by atoms with Gasteiger partial charge in [-0.05, 0) is 19.9 Å². The average molecular weight is 189 g/mol. The molecule has 0 saturated carbocycles. The van der Waals surface area contributed by atoms with E-state index in [1.807, 2.05) is 19.9 Å². The summed E-state index contributed by atoms with van der Waals surface area (Å²) in [5.74, 6) is 1.98. The van der Waals surface area contributed by atoms with Crippen molar-refractivity contribution in [1.82, 2.24) is 9.97 Å². The molecule has 2 heterocycles. The lowest BCUT2D eigenvalue weighted by molar-refractivity contribution is 0.535. The van der Waals surface area contributed by atoms with Gasteiger partial charge in [0.05, 0.1) is 12.0 Å². The van der Waals surface area contributed by atoms with Gasteiger partial charge in [0.15, 0.2) is 0 Å². The molecule has 0 amide bonds. The predicted octanol–water partition coefficient (Wildman–Crippen LogP) is 1.94. The molecule has 0 aromatic carbocycles. The number of hydrogen-bond donors (Lipinski definition) is 1. The highest BCUT2D eigenvalue weighted by Crippen LogP contribution is 2.23. The van der Waals surface area contributed by atoms with E-state index in [0.29, 0.717) is 11.6 Å². The first-order valence-corrected chi connectivity index (χ1v) is 4.32. The number of furan rings is 1. The Morgan fingerprint density at radius 3 is 2.64 bits per heavy atom. The highest BCUT2D eigenvalue weighted by atomic mass is 16.3. The smallest absolute Gasteiger partial charge is 0.128 e. The van der Waals surface area contributed by atoms with E-state index < -0.39 is 0 Å². The molecule has 0 atom stereocenters. The molecule has 0 fully saturated rings. The van der Waals surface area contributed by atoms with E-state index in [-0.39, 0.29) is 0 Å². The van der Waals surface area contributed by atoms with Gasteiger partial charge in [-0.15, -0.1) is 0 Å². The molecule has 0 bridgehead atoms. The van der Waals surface area contributed by atoms with Gasteiger partial charge in [0.2, 0.25) is 0 Å². The second-order valence-corrected chi connectivity index (χ2v) is 3.12. The van der Waals surface area contributed by atoms with E-state index >= 15 is 0 Å². The molecule has 2 aromatic rings. The molecule has 0 unspecified atom stereocenters. The lowest BCUT2D eigenvalue weighted by Crippen LogP contribution is -1.97. The molecule has 0 aliphatic carbocycles. The number of anilines is 1. The molecule has 0 spiro atoms. The maximum atomic E-state index is 5.63. The van der Waals surface area contributed by atoms with Crippen molar-refractivity contribution in [3.05, 3.63) is 30.0 Å². The largest absolute Gasteiger partial charge is 0.469 e. The minimum atomic E-state index is 0.480. The lowest BCUT2D eigenvalue weighted by Gasteiger charge is -2.01. The van der Waals surface area contributed by atoms with E-state index in [9.17, 15) is 0 Å². The van der Waals surface area contributed by atoms with E-state index in [1.54, 1.807) is 12.3 Å². The Morgan fingerprint density at radius 2 is 2.07 bits per heavy atom. The quantitative estimate of drug-likeness (QED) is 0.744. The van der Waals surface area contributed by atoms with Crippen molar-refractivity contribution in [2.45, 2.75) is 13.8 Å². The van der Waals surface area contributed by atoms with E-state index in [1.165, 1.54) is 0 Å². The predicted molar refractivity (Wildman–Crippen MR) is 53.6 cm³/mol. The Hall–Kier alpha value is -1.84. The van der Waals surface area contributed by atoms with Crippen molar-refractivity contribution in [2.75, 3.05) is 5.73 Å². The number of aromatic nitrogens is 2. The molecule has 0 saturated heterocycles. The molecule has 14 heavy (non-hydrogen) atoms. The van der Waals surface area contributed by atoms with Crippen molar-refractivity contribution in [3.63, 3.8) is 0 Å². The van der Waals surface area contributed by atoms with Crippen LogP contribution in [-0.4, -0.2) is 9.97 Å². The Balaban J connectivity index is 2.57. The molecule has 2 N–H and O–H groups in total. The fourth-order valence-corrected chi connectivity index (χ4v) is 1.38. The molecular formula is C10H11N3O. The van der Waals surface area contributed by atoms with E-state index in [0.717, 1.165) is 17.0 Å². The van der Waals surface area contributed by atoms with Gasteiger partial charge in [0.25, 0.3) is 0 Å². The Labute approximate surface area is 81.8 Å². The Kier molecular flexibility index (Phi) is 1.96. The summed E-state index contributed by atoms with van der Waals surface area (Å²) in [6.07, 6.45) is 1.64. The van der Waals surface area contributed by atoms with Crippen LogP contribution in [0.15, 0.2) is 22.8 Å². The summed E-state index contributed by atoms with van der Waals surface area (Å²) in [6.45, 7) is 3.71. The van der Waals surface area contributed by atoms with Crippen molar-refractivity contribution in [1.29, 1.82) is 0 Å². The second kappa shape index (κ2) is 3.14. The average Bonchev–Trinajstić information content (AvgIpc) is 2.49. The number of hydrogen-bond acceptors (Lipinski definition) is 4. The van der Waals surface area contributed by atoms with Gasteiger partial charge >= 0.3 is 0 Å².